The van der Waals surface area contributed by atoms with Crippen molar-refractivity contribution in [3.8, 4) is 0 Å². The van der Waals surface area contributed by atoms with Gasteiger partial charge in [0.05, 0.1) is 6.61 Å². The second-order valence-electron chi connectivity index (χ2n) is 4.83. The fourth-order valence-electron chi connectivity index (χ4n) is 2.03. The molecule has 1 aliphatic rings. The van der Waals surface area contributed by atoms with Crippen LogP contribution in [0, 0.1) is 6.92 Å². The lowest BCUT2D eigenvalue weighted by Crippen LogP contribution is -2.36. The topological polar surface area (TPSA) is 177 Å². The molecule has 1 aromatic heterocycles. The molecule has 22 heavy (non-hydrogen) atoms. The van der Waals surface area contributed by atoms with E-state index in [0.29, 0.717) is 5.56 Å². The van der Waals surface area contributed by atoms with E-state index in [9.17, 15) is 19.6 Å². The number of hydrogen-bond donors (Lipinski definition) is 5. The first kappa shape index (κ1) is 17.0. The SMILES string of the molecule is Cc1cn(C2OC(COP(=O)(O)O)C(O)C2O)c(=O)nc1N. The number of ether oxygens (including phenoxy) is 1. The number of aliphatic hydroxyl groups is 2. The van der Waals surface area contributed by atoms with E-state index in [1.54, 1.807) is 6.92 Å². The maximum Gasteiger partial charge on any atom is 0.469 e. The molecular weight excluding hydrogens is 321 g/mol. The molecule has 6 N–H and O–H groups in total. The average molecular weight is 337 g/mol. The zero-order valence-electron chi connectivity index (χ0n) is 11.4. The molecule has 0 bridgehead atoms. The molecule has 0 saturated carbocycles. The van der Waals surface area contributed by atoms with Crippen LogP contribution in [0.3, 0.4) is 0 Å². The van der Waals surface area contributed by atoms with Crippen molar-refractivity contribution in [2.24, 2.45) is 0 Å². The lowest BCUT2D eigenvalue weighted by atomic mass is 10.1. The Morgan fingerprint density at radius 1 is 1.45 bits per heavy atom. The molecule has 12 heteroatoms. The second-order valence-corrected chi connectivity index (χ2v) is 6.07. The van der Waals surface area contributed by atoms with Crippen LogP contribution in [-0.2, 0) is 13.8 Å². The van der Waals surface area contributed by atoms with Crippen LogP contribution in [0.4, 0.5) is 5.82 Å². The lowest BCUT2D eigenvalue weighted by molar-refractivity contribution is -0.0542. The monoisotopic (exact) mass is 337 g/mol. The van der Waals surface area contributed by atoms with Crippen molar-refractivity contribution in [2.45, 2.75) is 31.5 Å². The number of aromatic nitrogens is 2. The normalized spacial score (nSPS) is 29.0. The Labute approximate surface area is 124 Å². The van der Waals surface area contributed by atoms with Crippen LogP contribution in [0.1, 0.15) is 11.8 Å². The fraction of sp³-hybridized carbons (Fsp3) is 0.600. The number of nitrogens with zero attached hydrogens (tertiary/aromatic N) is 2. The molecule has 2 heterocycles. The van der Waals surface area contributed by atoms with Crippen LogP contribution in [0.5, 0.6) is 0 Å². The summed E-state index contributed by atoms with van der Waals surface area (Å²) in [6.07, 6.45) is -4.21. The van der Waals surface area contributed by atoms with Gasteiger partial charge in [0.15, 0.2) is 6.23 Å². The van der Waals surface area contributed by atoms with Gasteiger partial charge in [0.25, 0.3) is 0 Å². The molecule has 0 radical (unpaired) electrons. The van der Waals surface area contributed by atoms with Crippen LogP contribution < -0.4 is 11.4 Å². The van der Waals surface area contributed by atoms with Crippen molar-refractivity contribution in [2.75, 3.05) is 12.3 Å². The van der Waals surface area contributed by atoms with E-state index >= 15 is 0 Å². The first-order chi connectivity index (χ1) is 10.1. The first-order valence-electron chi connectivity index (χ1n) is 6.17. The number of anilines is 1. The highest BCUT2D eigenvalue weighted by Gasteiger charge is 2.45. The van der Waals surface area contributed by atoms with Gasteiger partial charge in [-0.3, -0.25) is 9.09 Å². The van der Waals surface area contributed by atoms with Gasteiger partial charge < -0.3 is 30.5 Å². The summed E-state index contributed by atoms with van der Waals surface area (Å²) >= 11 is 0. The van der Waals surface area contributed by atoms with E-state index in [1.807, 2.05) is 0 Å². The predicted molar refractivity (Wildman–Crippen MR) is 71.6 cm³/mol. The maximum atomic E-state index is 11.8. The van der Waals surface area contributed by atoms with Crippen molar-refractivity contribution in [3.05, 3.63) is 22.2 Å². The molecule has 0 aromatic carbocycles. The van der Waals surface area contributed by atoms with E-state index in [-0.39, 0.29) is 5.82 Å². The summed E-state index contributed by atoms with van der Waals surface area (Å²) < 4.78 is 21.1. The number of aryl methyl sites for hydroxylation is 1. The Balaban J connectivity index is 2.22. The van der Waals surface area contributed by atoms with Crippen LogP contribution in [0.15, 0.2) is 11.0 Å². The molecule has 4 atom stereocenters. The minimum Gasteiger partial charge on any atom is -0.387 e. The molecule has 0 aliphatic carbocycles. The molecule has 1 aliphatic heterocycles. The summed E-state index contributed by atoms with van der Waals surface area (Å²) in [4.78, 5) is 32.6. The Morgan fingerprint density at radius 2 is 2.09 bits per heavy atom. The molecular formula is C10H16N3O8P. The van der Waals surface area contributed by atoms with E-state index in [0.717, 1.165) is 4.57 Å². The third-order valence-corrected chi connectivity index (χ3v) is 3.68. The van der Waals surface area contributed by atoms with E-state index < -0.39 is 44.7 Å². The highest BCUT2D eigenvalue weighted by Crippen LogP contribution is 2.38. The number of nitrogens with two attached hydrogens (primary N) is 1. The standard InChI is InChI=1S/C10H16N3O8P/c1-4-2-13(10(16)12-8(4)11)9-7(15)6(14)5(21-9)3-20-22(17,18)19/h2,5-7,9,14-15H,3H2,1H3,(H2,11,12,16)(H2,17,18,19). The van der Waals surface area contributed by atoms with Gasteiger partial charge in [-0.15, -0.1) is 0 Å². The predicted octanol–water partition coefficient (Wildman–Crippen LogP) is -2.14. The fourth-order valence-corrected chi connectivity index (χ4v) is 2.37. The van der Waals surface area contributed by atoms with Gasteiger partial charge in [0.2, 0.25) is 0 Å². The maximum absolute atomic E-state index is 11.8. The van der Waals surface area contributed by atoms with Crippen molar-refractivity contribution in [1.82, 2.24) is 9.55 Å². The van der Waals surface area contributed by atoms with Crippen LogP contribution >= 0.6 is 7.82 Å². The molecule has 0 spiro atoms. The molecule has 2 rings (SSSR count). The number of hydrogen-bond acceptors (Lipinski definition) is 8. The molecule has 1 saturated heterocycles. The summed E-state index contributed by atoms with van der Waals surface area (Å²) in [6.45, 7) is 0.930. The minimum absolute atomic E-state index is 0.0238. The average Bonchev–Trinajstić information content (AvgIpc) is 2.68. The zero-order chi connectivity index (χ0) is 16.7. The Hall–Kier alpha value is -1.33. The zero-order valence-corrected chi connectivity index (χ0v) is 12.3. The molecule has 124 valence electrons. The van der Waals surface area contributed by atoms with Crippen molar-refractivity contribution in [3.63, 3.8) is 0 Å². The highest BCUT2D eigenvalue weighted by atomic mass is 31.2. The molecule has 0 amide bonds. The quantitative estimate of drug-likeness (QED) is 0.381. The smallest absolute Gasteiger partial charge is 0.387 e. The van der Waals surface area contributed by atoms with E-state index in [2.05, 4.69) is 9.51 Å². The first-order valence-corrected chi connectivity index (χ1v) is 7.70. The van der Waals surface area contributed by atoms with Crippen LogP contribution in [-0.4, -0.2) is 54.5 Å². The van der Waals surface area contributed by atoms with Crippen molar-refractivity contribution >= 4 is 13.6 Å². The highest BCUT2D eigenvalue weighted by molar-refractivity contribution is 7.46. The largest absolute Gasteiger partial charge is 0.469 e. The van der Waals surface area contributed by atoms with Gasteiger partial charge in [-0.25, -0.2) is 9.36 Å². The molecule has 11 nitrogen and oxygen atoms in total. The van der Waals surface area contributed by atoms with Gasteiger partial charge in [-0.2, -0.15) is 4.98 Å². The number of aliphatic hydroxyl groups excluding tert-OH is 2. The van der Waals surface area contributed by atoms with Gasteiger partial charge in [0, 0.05) is 11.8 Å². The van der Waals surface area contributed by atoms with Gasteiger partial charge in [0.1, 0.15) is 24.1 Å². The van der Waals surface area contributed by atoms with E-state index in [4.69, 9.17) is 20.3 Å². The molecule has 1 fully saturated rings. The number of phosphoric ester groups is 1. The summed E-state index contributed by atoms with van der Waals surface area (Å²) in [5.74, 6) is 0.0238. The van der Waals surface area contributed by atoms with Crippen molar-refractivity contribution < 1.29 is 33.8 Å². The summed E-state index contributed by atoms with van der Waals surface area (Å²) in [5, 5.41) is 19.8. The van der Waals surface area contributed by atoms with Crippen LogP contribution in [0.2, 0.25) is 0 Å². The summed E-state index contributed by atoms with van der Waals surface area (Å²) in [5.41, 5.74) is 5.15. The molecule has 1 aromatic rings. The Bertz CT molecular complexity index is 658. The van der Waals surface area contributed by atoms with Crippen molar-refractivity contribution in [1.29, 1.82) is 0 Å². The Morgan fingerprint density at radius 3 is 2.68 bits per heavy atom. The van der Waals surface area contributed by atoms with Gasteiger partial charge >= 0.3 is 13.5 Å². The third-order valence-electron chi connectivity index (χ3n) is 3.19. The number of nitrogen functional groups attached to an aromatic ring is 1. The minimum atomic E-state index is -4.75. The summed E-state index contributed by atoms with van der Waals surface area (Å²) in [7, 11) is -4.75. The molecule has 4 unspecified atom stereocenters. The lowest BCUT2D eigenvalue weighted by Gasteiger charge is -2.18. The van der Waals surface area contributed by atoms with Gasteiger partial charge in [-0.05, 0) is 6.92 Å². The Kier molecular flexibility index (Phi) is 4.68. The van der Waals surface area contributed by atoms with Crippen LogP contribution in [0.25, 0.3) is 0 Å². The number of rotatable bonds is 4. The van der Waals surface area contributed by atoms with E-state index in [1.165, 1.54) is 6.20 Å². The van der Waals surface area contributed by atoms with Gasteiger partial charge in [-0.1, -0.05) is 0 Å². The number of phosphoric acid groups is 1. The third kappa shape index (κ3) is 3.52. The summed E-state index contributed by atoms with van der Waals surface area (Å²) in [6, 6.07) is 0. The second kappa shape index (κ2) is 6.05.